The van der Waals surface area contributed by atoms with Crippen molar-refractivity contribution in [1.82, 2.24) is 9.47 Å². The number of hydrogen-bond donors (Lipinski definition) is 1. The molecule has 5 nitrogen and oxygen atoms in total. The molecule has 120 valence electrons. The van der Waals surface area contributed by atoms with Crippen molar-refractivity contribution in [1.29, 1.82) is 0 Å². The summed E-state index contributed by atoms with van der Waals surface area (Å²) in [5, 5.41) is 0. The minimum Gasteiger partial charge on any atom is -0.340 e. The average molecular weight is 321 g/mol. The van der Waals surface area contributed by atoms with Gasteiger partial charge in [0.2, 0.25) is 5.91 Å². The Balaban J connectivity index is 1.76. The largest absolute Gasteiger partial charge is 0.340 e. The van der Waals surface area contributed by atoms with Crippen LogP contribution in [-0.2, 0) is 11.3 Å². The van der Waals surface area contributed by atoms with Crippen LogP contribution in [-0.4, -0.2) is 46.5 Å². The number of nitrogens with two attached hydrogens (primary N) is 1. The standard InChI is InChI=1S/C16H23N3O2S/c1-22-6-5-13(17)16(21)18-8-11-7-12(10-18)14-3-2-4-15(20)19(14)9-11/h2-4,11-13H,5-10,17H2,1H3/t11-,12-,13-/m0/s1. The van der Waals surface area contributed by atoms with E-state index in [9.17, 15) is 9.59 Å². The number of thioether (sulfide) groups is 1. The topological polar surface area (TPSA) is 68.3 Å². The third-order valence-electron chi connectivity index (χ3n) is 4.74. The molecule has 3 rings (SSSR count). The molecule has 1 saturated heterocycles. The molecule has 2 aliphatic heterocycles. The van der Waals surface area contributed by atoms with Crippen LogP contribution in [0.15, 0.2) is 23.0 Å². The van der Waals surface area contributed by atoms with Crippen molar-refractivity contribution in [3.05, 3.63) is 34.2 Å². The van der Waals surface area contributed by atoms with Crippen LogP contribution in [0.2, 0.25) is 0 Å². The fourth-order valence-corrected chi connectivity index (χ4v) is 4.17. The smallest absolute Gasteiger partial charge is 0.250 e. The van der Waals surface area contributed by atoms with Gasteiger partial charge in [-0.2, -0.15) is 11.8 Å². The first-order valence-corrected chi connectivity index (χ1v) is 9.22. The molecule has 0 saturated carbocycles. The minimum absolute atomic E-state index is 0.0653. The van der Waals surface area contributed by atoms with Gasteiger partial charge in [-0.05, 0) is 36.8 Å². The maximum Gasteiger partial charge on any atom is 0.250 e. The van der Waals surface area contributed by atoms with Gasteiger partial charge in [-0.15, -0.1) is 0 Å². The fourth-order valence-electron chi connectivity index (χ4n) is 3.68. The predicted octanol–water partition coefficient (Wildman–Crippen LogP) is 0.874. The fraction of sp³-hybridized carbons (Fsp3) is 0.625. The Kier molecular flexibility index (Phi) is 4.59. The number of hydrogen-bond acceptors (Lipinski definition) is 4. The third kappa shape index (κ3) is 2.94. The lowest BCUT2D eigenvalue weighted by Crippen LogP contribution is -2.53. The second-order valence-corrected chi connectivity index (χ2v) is 7.31. The lowest BCUT2D eigenvalue weighted by atomic mass is 9.83. The molecule has 0 aromatic carbocycles. The van der Waals surface area contributed by atoms with Crippen molar-refractivity contribution in [3.63, 3.8) is 0 Å². The third-order valence-corrected chi connectivity index (χ3v) is 5.39. The van der Waals surface area contributed by atoms with Crippen LogP contribution < -0.4 is 11.3 Å². The highest BCUT2D eigenvalue weighted by Gasteiger charge is 2.37. The molecule has 6 heteroatoms. The first kappa shape index (κ1) is 15.6. The molecule has 2 bridgehead atoms. The van der Waals surface area contributed by atoms with Gasteiger partial charge in [0.15, 0.2) is 0 Å². The van der Waals surface area contributed by atoms with E-state index in [1.807, 2.05) is 27.9 Å². The van der Waals surface area contributed by atoms with Crippen LogP contribution in [0.25, 0.3) is 0 Å². The molecule has 0 unspecified atom stereocenters. The lowest BCUT2D eigenvalue weighted by Gasteiger charge is -2.43. The molecular weight excluding hydrogens is 298 g/mol. The van der Waals surface area contributed by atoms with Gasteiger partial charge < -0.3 is 15.2 Å². The van der Waals surface area contributed by atoms with E-state index in [0.29, 0.717) is 12.5 Å². The summed E-state index contributed by atoms with van der Waals surface area (Å²) in [7, 11) is 0. The Morgan fingerprint density at radius 2 is 2.23 bits per heavy atom. The first-order chi connectivity index (χ1) is 10.6. The van der Waals surface area contributed by atoms with Crippen LogP contribution in [0.1, 0.15) is 24.5 Å². The number of pyridine rings is 1. The number of rotatable bonds is 4. The summed E-state index contributed by atoms with van der Waals surface area (Å²) >= 11 is 1.71. The summed E-state index contributed by atoms with van der Waals surface area (Å²) in [4.78, 5) is 26.5. The molecule has 1 fully saturated rings. The highest BCUT2D eigenvalue weighted by Crippen LogP contribution is 2.35. The molecule has 3 heterocycles. The number of likely N-dealkylation sites (tertiary alicyclic amines) is 1. The van der Waals surface area contributed by atoms with Crippen molar-refractivity contribution in [2.75, 3.05) is 25.1 Å². The maximum atomic E-state index is 12.5. The molecule has 0 spiro atoms. The molecular formula is C16H23N3O2S. The Labute approximate surface area is 134 Å². The van der Waals surface area contributed by atoms with Crippen LogP contribution in [0.3, 0.4) is 0 Å². The molecule has 2 aliphatic rings. The van der Waals surface area contributed by atoms with Crippen LogP contribution in [0.4, 0.5) is 0 Å². The highest BCUT2D eigenvalue weighted by atomic mass is 32.2. The van der Waals surface area contributed by atoms with E-state index >= 15 is 0 Å². The predicted molar refractivity (Wildman–Crippen MR) is 89.1 cm³/mol. The Morgan fingerprint density at radius 3 is 3.00 bits per heavy atom. The number of carbonyl (C=O) groups is 1. The Hall–Kier alpha value is -1.27. The molecule has 1 amide bonds. The second-order valence-electron chi connectivity index (χ2n) is 6.33. The molecule has 2 N–H and O–H groups in total. The number of nitrogens with zero attached hydrogens (tertiary/aromatic N) is 2. The normalized spacial score (nSPS) is 24.7. The zero-order chi connectivity index (χ0) is 15.7. The Bertz CT molecular complexity index is 616. The van der Waals surface area contributed by atoms with E-state index in [4.69, 9.17) is 5.73 Å². The van der Waals surface area contributed by atoms with E-state index in [1.54, 1.807) is 17.8 Å². The molecule has 0 radical (unpaired) electrons. The van der Waals surface area contributed by atoms with Gasteiger partial charge in [-0.3, -0.25) is 9.59 Å². The van der Waals surface area contributed by atoms with Crippen molar-refractivity contribution >= 4 is 17.7 Å². The number of piperidine rings is 1. The molecule has 22 heavy (non-hydrogen) atoms. The molecule has 1 aromatic heterocycles. The van der Waals surface area contributed by atoms with E-state index in [1.165, 1.54) is 0 Å². The van der Waals surface area contributed by atoms with Gasteiger partial charge in [0.25, 0.3) is 5.56 Å². The van der Waals surface area contributed by atoms with Crippen LogP contribution in [0.5, 0.6) is 0 Å². The summed E-state index contributed by atoms with van der Waals surface area (Å²) in [6.45, 7) is 2.13. The van der Waals surface area contributed by atoms with Crippen molar-refractivity contribution < 1.29 is 4.79 Å². The van der Waals surface area contributed by atoms with Crippen LogP contribution in [0, 0.1) is 5.92 Å². The summed E-state index contributed by atoms with van der Waals surface area (Å²) in [6.07, 6.45) is 3.81. The second kappa shape index (κ2) is 6.46. The monoisotopic (exact) mass is 321 g/mol. The van der Waals surface area contributed by atoms with Crippen molar-refractivity contribution in [3.8, 4) is 0 Å². The Morgan fingerprint density at radius 1 is 1.41 bits per heavy atom. The van der Waals surface area contributed by atoms with Gasteiger partial charge in [-0.1, -0.05) is 6.07 Å². The van der Waals surface area contributed by atoms with Crippen molar-refractivity contribution in [2.45, 2.75) is 31.3 Å². The summed E-state index contributed by atoms with van der Waals surface area (Å²) in [5.74, 6) is 1.60. The molecule has 0 aliphatic carbocycles. The minimum atomic E-state index is -0.399. The quantitative estimate of drug-likeness (QED) is 0.894. The average Bonchev–Trinajstić information content (AvgIpc) is 2.52. The summed E-state index contributed by atoms with van der Waals surface area (Å²) < 4.78 is 1.88. The number of aromatic nitrogens is 1. The van der Waals surface area contributed by atoms with Crippen molar-refractivity contribution in [2.24, 2.45) is 11.7 Å². The van der Waals surface area contributed by atoms with E-state index in [-0.39, 0.29) is 17.4 Å². The van der Waals surface area contributed by atoms with Crippen LogP contribution >= 0.6 is 11.8 Å². The van der Waals surface area contributed by atoms with Gasteiger partial charge in [0, 0.05) is 37.3 Å². The number of carbonyl (C=O) groups excluding carboxylic acids is 1. The van der Waals surface area contributed by atoms with Gasteiger partial charge >= 0.3 is 0 Å². The molecule has 1 aromatic rings. The molecule has 3 atom stereocenters. The highest BCUT2D eigenvalue weighted by molar-refractivity contribution is 7.98. The van der Waals surface area contributed by atoms with E-state index < -0.39 is 6.04 Å². The van der Waals surface area contributed by atoms with Gasteiger partial charge in [0.1, 0.15) is 0 Å². The number of amides is 1. The van der Waals surface area contributed by atoms with Gasteiger partial charge in [0.05, 0.1) is 6.04 Å². The lowest BCUT2D eigenvalue weighted by molar-refractivity contribution is -0.135. The SMILES string of the molecule is CSCC[C@H](N)C(=O)N1C[C@@H]2C[C@@H](C1)c1cccc(=O)n1C2. The van der Waals surface area contributed by atoms with Gasteiger partial charge in [-0.25, -0.2) is 0 Å². The number of fused-ring (bicyclic) bond motifs is 4. The summed E-state index contributed by atoms with van der Waals surface area (Å²) in [6, 6.07) is 5.05. The first-order valence-electron chi connectivity index (χ1n) is 7.83. The maximum absolute atomic E-state index is 12.5. The summed E-state index contributed by atoms with van der Waals surface area (Å²) in [5.41, 5.74) is 7.18. The zero-order valence-electron chi connectivity index (χ0n) is 12.9. The zero-order valence-corrected chi connectivity index (χ0v) is 13.7. The van der Waals surface area contributed by atoms with E-state index in [0.717, 1.165) is 37.4 Å². The van der Waals surface area contributed by atoms with E-state index in [2.05, 4.69) is 0 Å².